The molecule has 1 aliphatic rings. The van der Waals surface area contributed by atoms with Crippen LogP contribution in [-0.4, -0.2) is 31.2 Å². The maximum absolute atomic E-state index is 9.09. The Bertz CT molecular complexity index is 149. The van der Waals surface area contributed by atoms with Gasteiger partial charge in [-0.3, -0.25) is 0 Å². The minimum Gasteiger partial charge on any atom is -0.393 e. The lowest BCUT2D eigenvalue weighted by atomic mass is 9.93. The fourth-order valence-electron chi connectivity index (χ4n) is 1.61. The normalized spacial score (nSPS) is 37.4. The molecule has 1 rings (SSSR count). The largest absolute Gasteiger partial charge is 0.393 e. The highest BCUT2D eigenvalue weighted by Gasteiger charge is 2.36. The van der Waals surface area contributed by atoms with Crippen LogP contribution in [-0.2, 0) is 4.74 Å². The fraction of sp³-hybridized carbons (Fsp3) is 0.750. The third-order valence-corrected chi connectivity index (χ3v) is 2.26. The van der Waals surface area contributed by atoms with E-state index in [0.29, 0.717) is 6.00 Å². The molecule has 62 valence electrons. The molecule has 0 radical (unpaired) electrons. The molecule has 1 saturated heterocycles. The molecule has 0 unspecified atom stereocenters. The predicted octanol–water partition coefficient (Wildman–Crippen LogP) is 0.0632. The van der Waals surface area contributed by atoms with Crippen LogP contribution in [0.2, 0.25) is 0 Å². The summed E-state index contributed by atoms with van der Waals surface area (Å²) in [6.45, 7) is 3.77. The van der Waals surface area contributed by atoms with Gasteiger partial charge in [0.15, 0.2) is 0 Å². The molecular weight excluding hydrogens is 139 g/mol. The third kappa shape index (κ3) is 1.85. The Morgan fingerprint density at radius 3 is 2.91 bits per heavy atom. The number of hydrogen-bond donors (Lipinski definition) is 1. The van der Waals surface area contributed by atoms with Gasteiger partial charge in [0.2, 0.25) is 0 Å². The van der Waals surface area contributed by atoms with Crippen molar-refractivity contribution in [1.82, 2.24) is 0 Å². The van der Waals surface area contributed by atoms with Crippen LogP contribution >= 0.6 is 0 Å². The molecule has 0 aliphatic carbocycles. The monoisotopic (exact) mass is 154 g/mol. The molecule has 0 bridgehead atoms. The molecule has 1 fully saturated rings. The van der Waals surface area contributed by atoms with E-state index >= 15 is 0 Å². The number of hydrogen-bond acceptors (Lipinski definition) is 2. The van der Waals surface area contributed by atoms with Gasteiger partial charge in [-0.2, -0.15) is 0 Å². The van der Waals surface area contributed by atoms with E-state index in [4.69, 9.17) is 9.84 Å². The SMILES string of the molecule is B[C@H]1CC[C@](CO)(CC=C)O1. The van der Waals surface area contributed by atoms with E-state index in [-0.39, 0.29) is 12.2 Å². The second-order valence-corrected chi connectivity index (χ2v) is 3.30. The lowest BCUT2D eigenvalue weighted by molar-refractivity contribution is -0.0480. The lowest BCUT2D eigenvalue weighted by Crippen LogP contribution is -2.33. The maximum Gasteiger partial charge on any atom is 0.139 e. The van der Waals surface area contributed by atoms with E-state index in [2.05, 4.69) is 6.58 Å². The van der Waals surface area contributed by atoms with Gasteiger partial charge in [-0.15, -0.1) is 6.58 Å². The molecule has 0 aromatic carbocycles. The van der Waals surface area contributed by atoms with Crippen molar-refractivity contribution in [2.45, 2.75) is 30.9 Å². The van der Waals surface area contributed by atoms with Crippen molar-refractivity contribution in [3.63, 3.8) is 0 Å². The van der Waals surface area contributed by atoms with Crippen molar-refractivity contribution in [1.29, 1.82) is 0 Å². The topological polar surface area (TPSA) is 29.5 Å². The van der Waals surface area contributed by atoms with Crippen LogP contribution in [0, 0.1) is 0 Å². The highest BCUT2D eigenvalue weighted by molar-refractivity contribution is 6.11. The molecular formula is C8H15BO2. The quantitative estimate of drug-likeness (QED) is 0.460. The van der Waals surface area contributed by atoms with E-state index in [1.54, 1.807) is 0 Å². The Hall–Kier alpha value is -0.275. The van der Waals surface area contributed by atoms with Crippen molar-refractivity contribution >= 4 is 7.85 Å². The number of ether oxygens (including phenoxy) is 1. The summed E-state index contributed by atoms with van der Waals surface area (Å²) >= 11 is 0. The first-order valence-electron chi connectivity index (χ1n) is 4.12. The maximum atomic E-state index is 9.09. The van der Waals surface area contributed by atoms with Gasteiger partial charge in [-0.1, -0.05) is 6.08 Å². The zero-order valence-corrected chi connectivity index (χ0v) is 7.05. The van der Waals surface area contributed by atoms with Gasteiger partial charge in [0.05, 0.1) is 12.2 Å². The Kier molecular flexibility index (Phi) is 2.74. The zero-order valence-electron chi connectivity index (χ0n) is 7.05. The highest BCUT2D eigenvalue weighted by Crippen LogP contribution is 2.31. The molecule has 0 spiro atoms. The molecule has 0 aromatic heterocycles. The molecule has 1 N–H and O–H groups in total. The molecule has 2 atom stereocenters. The molecule has 0 saturated carbocycles. The Morgan fingerprint density at radius 2 is 2.55 bits per heavy atom. The fourth-order valence-corrected chi connectivity index (χ4v) is 1.61. The summed E-state index contributed by atoms with van der Waals surface area (Å²) in [6.07, 6.45) is 4.58. The van der Waals surface area contributed by atoms with Gasteiger partial charge in [-0.25, -0.2) is 0 Å². The summed E-state index contributed by atoms with van der Waals surface area (Å²) in [5, 5.41) is 9.09. The summed E-state index contributed by atoms with van der Waals surface area (Å²) in [5.74, 6) is 0. The Morgan fingerprint density at radius 1 is 1.82 bits per heavy atom. The lowest BCUT2D eigenvalue weighted by Gasteiger charge is -2.25. The van der Waals surface area contributed by atoms with Gasteiger partial charge in [0.25, 0.3) is 0 Å². The second-order valence-electron chi connectivity index (χ2n) is 3.30. The Balaban J connectivity index is 2.54. The van der Waals surface area contributed by atoms with Crippen LogP contribution in [0.25, 0.3) is 0 Å². The predicted molar refractivity (Wildman–Crippen MR) is 47.3 cm³/mol. The minimum atomic E-state index is -0.304. The van der Waals surface area contributed by atoms with Gasteiger partial charge in [0.1, 0.15) is 7.85 Å². The first kappa shape index (κ1) is 8.82. The molecule has 0 aromatic rings. The smallest absolute Gasteiger partial charge is 0.139 e. The van der Waals surface area contributed by atoms with E-state index in [1.807, 2.05) is 13.9 Å². The zero-order chi connectivity index (χ0) is 8.32. The van der Waals surface area contributed by atoms with Crippen molar-refractivity contribution in [3.8, 4) is 0 Å². The number of aliphatic hydroxyl groups is 1. The number of aliphatic hydroxyl groups excluding tert-OH is 1. The van der Waals surface area contributed by atoms with E-state index in [0.717, 1.165) is 19.3 Å². The Labute approximate surface area is 68.7 Å². The number of rotatable bonds is 3. The first-order valence-corrected chi connectivity index (χ1v) is 4.12. The minimum absolute atomic E-state index is 0.114. The summed E-state index contributed by atoms with van der Waals surface area (Å²) < 4.78 is 5.62. The molecule has 11 heavy (non-hydrogen) atoms. The van der Waals surface area contributed by atoms with E-state index in [9.17, 15) is 0 Å². The van der Waals surface area contributed by atoms with Gasteiger partial charge >= 0.3 is 0 Å². The van der Waals surface area contributed by atoms with Crippen LogP contribution in [0.3, 0.4) is 0 Å². The molecule has 1 heterocycles. The highest BCUT2D eigenvalue weighted by atomic mass is 16.5. The second kappa shape index (κ2) is 3.41. The average molecular weight is 154 g/mol. The van der Waals surface area contributed by atoms with Crippen molar-refractivity contribution in [2.75, 3.05) is 6.61 Å². The van der Waals surface area contributed by atoms with Crippen LogP contribution < -0.4 is 0 Å². The van der Waals surface area contributed by atoms with Gasteiger partial charge in [0, 0.05) is 6.00 Å². The summed E-state index contributed by atoms with van der Waals surface area (Å²) in [5.41, 5.74) is -0.304. The van der Waals surface area contributed by atoms with Crippen LogP contribution in [0.4, 0.5) is 0 Å². The third-order valence-electron chi connectivity index (χ3n) is 2.26. The van der Waals surface area contributed by atoms with Crippen LogP contribution in [0.5, 0.6) is 0 Å². The summed E-state index contributed by atoms with van der Waals surface area (Å²) in [7, 11) is 2.04. The first-order chi connectivity index (χ1) is 5.22. The molecule has 2 nitrogen and oxygen atoms in total. The van der Waals surface area contributed by atoms with Gasteiger partial charge < -0.3 is 9.84 Å². The van der Waals surface area contributed by atoms with E-state index in [1.165, 1.54) is 0 Å². The van der Waals surface area contributed by atoms with E-state index < -0.39 is 0 Å². The van der Waals surface area contributed by atoms with Crippen LogP contribution in [0.15, 0.2) is 12.7 Å². The summed E-state index contributed by atoms with van der Waals surface area (Å²) in [6, 6.07) is 0.294. The summed E-state index contributed by atoms with van der Waals surface area (Å²) in [4.78, 5) is 0. The van der Waals surface area contributed by atoms with Crippen molar-refractivity contribution in [2.24, 2.45) is 0 Å². The van der Waals surface area contributed by atoms with Gasteiger partial charge in [-0.05, 0) is 19.3 Å². The molecule has 3 heteroatoms. The average Bonchev–Trinajstić information content (AvgIpc) is 2.34. The van der Waals surface area contributed by atoms with Crippen molar-refractivity contribution in [3.05, 3.63) is 12.7 Å². The molecule has 0 amide bonds. The molecule has 1 aliphatic heterocycles. The standard InChI is InChI=1S/C8H15BO2/c1-2-4-8(6-10)5-3-7(9)11-8/h2,7,10H,1,3-6,9H2/t7-,8+/m1/s1. The van der Waals surface area contributed by atoms with Crippen molar-refractivity contribution < 1.29 is 9.84 Å². The van der Waals surface area contributed by atoms with Crippen LogP contribution in [0.1, 0.15) is 19.3 Å².